The summed E-state index contributed by atoms with van der Waals surface area (Å²) in [5, 5.41) is 24.3. The molecular formula is C10H25O4Ti-. The molecule has 1 atom stereocenters. The van der Waals surface area contributed by atoms with Gasteiger partial charge in [0.2, 0.25) is 0 Å². The van der Waals surface area contributed by atoms with Gasteiger partial charge in [-0.2, -0.15) is 0 Å². The number of hydrogen-bond donors (Lipinski definition) is 3. The van der Waals surface area contributed by atoms with Gasteiger partial charge in [-0.05, 0) is 27.7 Å². The van der Waals surface area contributed by atoms with Crippen molar-refractivity contribution in [2.75, 3.05) is 6.61 Å². The average molecular weight is 257 g/mol. The summed E-state index contributed by atoms with van der Waals surface area (Å²) in [7, 11) is 0. The number of aliphatic hydroxyl groups excluding tert-OH is 3. The summed E-state index contributed by atoms with van der Waals surface area (Å²) in [6, 6.07) is 0. The van der Waals surface area contributed by atoms with Crippen LogP contribution in [0.1, 0.15) is 34.1 Å². The molecular weight excluding hydrogens is 232 g/mol. The van der Waals surface area contributed by atoms with Crippen molar-refractivity contribution >= 4 is 0 Å². The molecule has 5 heteroatoms. The maximum atomic E-state index is 8.23. The van der Waals surface area contributed by atoms with Crippen LogP contribution >= 0.6 is 0 Å². The van der Waals surface area contributed by atoms with Crippen LogP contribution in [-0.2, 0) is 26.5 Å². The first-order valence-electron chi connectivity index (χ1n) is 4.52. The Morgan fingerprint density at radius 3 is 1.20 bits per heavy atom. The largest absolute Gasteiger partial charge is 0.394 e. The minimum Gasteiger partial charge on any atom is -0.394 e. The van der Waals surface area contributed by atoms with Crippen molar-refractivity contribution in [2.45, 2.75) is 52.6 Å². The first-order valence-corrected chi connectivity index (χ1v) is 4.52. The summed E-state index contributed by atoms with van der Waals surface area (Å²) in [5.41, 5.74) is 0. The Balaban J connectivity index is -0.0000000575. The fourth-order valence-electron chi connectivity index (χ4n) is 0.223. The van der Waals surface area contributed by atoms with Crippen molar-refractivity contribution in [3.8, 4) is 0 Å². The Hall–Kier alpha value is 0.554. The van der Waals surface area contributed by atoms with Gasteiger partial charge in [0.15, 0.2) is 6.29 Å². The van der Waals surface area contributed by atoms with E-state index in [4.69, 9.17) is 15.3 Å². The molecule has 0 aromatic heterocycles. The van der Waals surface area contributed by atoms with Crippen molar-refractivity contribution in [3.05, 3.63) is 7.43 Å². The van der Waals surface area contributed by atoms with Crippen LogP contribution < -0.4 is 0 Å². The molecule has 1 aliphatic heterocycles. The van der Waals surface area contributed by atoms with Crippen molar-refractivity contribution in [1.82, 2.24) is 0 Å². The van der Waals surface area contributed by atoms with Crippen LogP contribution in [0.3, 0.4) is 0 Å². The second kappa shape index (κ2) is 17.0. The van der Waals surface area contributed by atoms with Gasteiger partial charge < -0.3 is 27.5 Å². The smallest absolute Gasteiger partial charge is 0.156 e. The standard InChI is InChI=1S/C3H6O2.2C3H8O.CH3.Ti/c4-3-1-2-5-3;2*1-3(2)4;;/h3-4H,1-2H2;2*3-4H,1-2H3;1H3;/q;;;-1;. The van der Waals surface area contributed by atoms with Gasteiger partial charge in [-0.3, -0.25) is 0 Å². The van der Waals surface area contributed by atoms with Gasteiger partial charge >= 0.3 is 0 Å². The summed E-state index contributed by atoms with van der Waals surface area (Å²) in [5.74, 6) is 0. The molecule has 1 aliphatic rings. The van der Waals surface area contributed by atoms with Crippen molar-refractivity contribution in [3.63, 3.8) is 0 Å². The van der Waals surface area contributed by atoms with Gasteiger partial charge in [0, 0.05) is 40.3 Å². The summed E-state index contributed by atoms with van der Waals surface area (Å²) in [4.78, 5) is 0. The van der Waals surface area contributed by atoms with Crippen LogP contribution in [0.15, 0.2) is 0 Å². The zero-order valence-electron chi connectivity index (χ0n) is 10.4. The Labute approximate surface area is 109 Å². The molecule has 1 heterocycles. The second-order valence-corrected chi connectivity index (χ2v) is 3.30. The quantitative estimate of drug-likeness (QED) is 0.446. The van der Waals surface area contributed by atoms with E-state index in [9.17, 15) is 0 Å². The van der Waals surface area contributed by atoms with Gasteiger partial charge in [-0.15, -0.1) is 0 Å². The van der Waals surface area contributed by atoms with Crippen LogP contribution in [0, 0.1) is 7.43 Å². The van der Waals surface area contributed by atoms with Crippen molar-refractivity contribution < 1.29 is 41.8 Å². The van der Waals surface area contributed by atoms with E-state index in [0.717, 1.165) is 13.0 Å². The van der Waals surface area contributed by atoms with E-state index in [1.54, 1.807) is 27.7 Å². The maximum absolute atomic E-state index is 8.23. The topological polar surface area (TPSA) is 69.9 Å². The first kappa shape index (κ1) is 24.7. The van der Waals surface area contributed by atoms with Crippen LogP contribution in [0.4, 0.5) is 0 Å². The predicted octanol–water partition coefficient (Wildman–Crippen LogP) is 0.947. The second-order valence-electron chi connectivity index (χ2n) is 3.30. The minimum absolute atomic E-state index is 0. The molecule has 1 fully saturated rings. The molecule has 3 N–H and O–H groups in total. The minimum atomic E-state index is -0.435. The van der Waals surface area contributed by atoms with Gasteiger partial charge in [-0.25, -0.2) is 0 Å². The van der Waals surface area contributed by atoms with Crippen molar-refractivity contribution in [1.29, 1.82) is 0 Å². The number of aliphatic hydroxyl groups is 3. The summed E-state index contributed by atoms with van der Waals surface area (Å²) < 4.78 is 4.49. The zero-order chi connectivity index (χ0) is 10.9. The molecule has 4 nitrogen and oxygen atoms in total. The summed E-state index contributed by atoms with van der Waals surface area (Å²) in [6.07, 6.45) is 0.0509. The fourth-order valence-corrected chi connectivity index (χ4v) is 0.223. The predicted molar refractivity (Wildman–Crippen MR) is 57.7 cm³/mol. The molecule has 0 aliphatic carbocycles. The SMILES string of the molecule is CC(C)O.CC(C)O.OC1CCO1.[CH3-].[Ti]. The molecule has 0 saturated carbocycles. The molecule has 0 aromatic carbocycles. The molecule has 0 bridgehead atoms. The van der Waals surface area contributed by atoms with E-state index in [0.29, 0.717) is 0 Å². The third-order valence-corrected chi connectivity index (χ3v) is 0.675. The fraction of sp³-hybridized carbons (Fsp3) is 0.900. The van der Waals surface area contributed by atoms with E-state index in [-0.39, 0.29) is 41.4 Å². The van der Waals surface area contributed by atoms with Crippen LogP contribution in [0.2, 0.25) is 0 Å². The Kier molecular flexibility index (Phi) is 27.9. The monoisotopic (exact) mass is 257 g/mol. The number of ether oxygens (including phenoxy) is 1. The van der Waals surface area contributed by atoms with Gasteiger partial charge in [0.05, 0.1) is 6.61 Å². The van der Waals surface area contributed by atoms with Crippen LogP contribution in [0.25, 0.3) is 0 Å². The maximum Gasteiger partial charge on any atom is 0.156 e. The van der Waals surface area contributed by atoms with Crippen LogP contribution in [-0.4, -0.2) is 40.4 Å². The third-order valence-electron chi connectivity index (χ3n) is 0.675. The van der Waals surface area contributed by atoms with E-state index in [1.165, 1.54) is 0 Å². The molecule has 1 rings (SSSR count). The van der Waals surface area contributed by atoms with E-state index in [1.807, 2.05) is 0 Å². The Bertz CT molecular complexity index is 83.9. The third kappa shape index (κ3) is 53.4. The molecule has 1 saturated heterocycles. The summed E-state index contributed by atoms with van der Waals surface area (Å²) in [6.45, 7) is 7.63. The normalized spacial score (nSPS) is 17.0. The number of hydrogen-bond acceptors (Lipinski definition) is 4. The molecule has 1 unspecified atom stereocenters. The number of rotatable bonds is 0. The van der Waals surface area contributed by atoms with E-state index >= 15 is 0 Å². The Morgan fingerprint density at radius 2 is 1.20 bits per heavy atom. The van der Waals surface area contributed by atoms with Gasteiger partial charge in [-0.1, -0.05) is 0 Å². The Morgan fingerprint density at radius 1 is 1.07 bits per heavy atom. The molecule has 0 aromatic rings. The van der Waals surface area contributed by atoms with E-state index in [2.05, 4.69) is 4.74 Å². The first-order chi connectivity index (χ1) is 5.86. The van der Waals surface area contributed by atoms with Crippen molar-refractivity contribution in [2.24, 2.45) is 0 Å². The molecule has 15 heavy (non-hydrogen) atoms. The summed E-state index contributed by atoms with van der Waals surface area (Å²) >= 11 is 0. The zero-order valence-corrected chi connectivity index (χ0v) is 12.0. The van der Waals surface area contributed by atoms with Crippen LogP contribution in [0.5, 0.6) is 0 Å². The average Bonchev–Trinajstić information content (AvgIpc) is 1.80. The molecule has 0 spiro atoms. The van der Waals surface area contributed by atoms with Gasteiger partial charge in [0.25, 0.3) is 0 Å². The molecule has 0 amide bonds. The molecule has 94 valence electrons. The molecule has 0 radical (unpaired) electrons. The van der Waals surface area contributed by atoms with E-state index < -0.39 is 6.29 Å². The van der Waals surface area contributed by atoms with Gasteiger partial charge in [0.1, 0.15) is 0 Å².